The molecule has 0 aliphatic rings. The third-order valence-corrected chi connectivity index (χ3v) is 4.57. The second-order valence-corrected chi connectivity index (χ2v) is 6.20. The number of fused-ring (bicyclic) bond motifs is 1. The number of hydrogen-bond acceptors (Lipinski definition) is 5. The number of hydrogen-bond donors (Lipinski definition) is 2. The number of benzene rings is 1. The van der Waals surface area contributed by atoms with E-state index in [4.69, 9.17) is 11.6 Å². The van der Waals surface area contributed by atoms with E-state index in [1.807, 2.05) is 13.0 Å². The summed E-state index contributed by atoms with van der Waals surface area (Å²) in [4.78, 5) is 10.7. The molecule has 2 N–H and O–H groups in total. The lowest BCUT2D eigenvalue weighted by atomic mass is 10.2. The van der Waals surface area contributed by atoms with Gasteiger partial charge in [0, 0.05) is 10.6 Å². The minimum Gasteiger partial charge on any atom is -0.508 e. The predicted octanol–water partition coefficient (Wildman–Crippen LogP) is 4.66. The Kier molecular flexibility index (Phi) is 3.69. The third-order valence-electron chi connectivity index (χ3n) is 3.23. The summed E-state index contributed by atoms with van der Waals surface area (Å²) in [5.74, 6) is 0.933. The fourth-order valence-corrected chi connectivity index (χ4v) is 3.32. The molecule has 3 rings (SSSR count). The van der Waals surface area contributed by atoms with Crippen LogP contribution in [0.4, 0.5) is 11.5 Å². The molecule has 0 bridgehead atoms. The lowest BCUT2D eigenvalue weighted by Gasteiger charge is -2.10. The number of nitrogens with one attached hydrogen (secondary N) is 1. The number of phenolic OH excluding ortho intramolecular Hbond substituents is 1. The van der Waals surface area contributed by atoms with Crippen LogP contribution in [0.15, 0.2) is 24.3 Å². The summed E-state index contributed by atoms with van der Waals surface area (Å²) >= 11 is 7.64. The van der Waals surface area contributed by atoms with Crippen molar-refractivity contribution in [2.75, 3.05) is 5.32 Å². The minimum atomic E-state index is 0.228. The topological polar surface area (TPSA) is 58.0 Å². The standard InChI is InChI=1S/C15H14ClN3OS/c1-3-10-7-11-13(18-15(16)19-14(11)21-10)17-12-5-4-9(20)6-8(12)2/h4-7,20H,3H2,1-2H3,(H,17,18,19). The van der Waals surface area contributed by atoms with Gasteiger partial charge in [0.15, 0.2) is 0 Å². The van der Waals surface area contributed by atoms with Crippen molar-refractivity contribution >= 4 is 44.7 Å². The number of thiophene rings is 1. The van der Waals surface area contributed by atoms with Gasteiger partial charge in [0.1, 0.15) is 16.4 Å². The zero-order valence-electron chi connectivity index (χ0n) is 11.6. The summed E-state index contributed by atoms with van der Waals surface area (Å²) in [6, 6.07) is 7.25. The highest BCUT2D eigenvalue weighted by Crippen LogP contribution is 2.33. The van der Waals surface area contributed by atoms with E-state index in [1.54, 1.807) is 23.5 Å². The van der Waals surface area contributed by atoms with E-state index in [-0.39, 0.29) is 11.0 Å². The van der Waals surface area contributed by atoms with Gasteiger partial charge in [-0.3, -0.25) is 0 Å². The zero-order valence-corrected chi connectivity index (χ0v) is 13.2. The molecule has 0 fully saturated rings. The van der Waals surface area contributed by atoms with E-state index in [2.05, 4.69) is 28.3 Å². The van der Waals surface area contributed by atoms with Crippen molar-refractivity contribution in [3.05, 3.63) is 40.0 Å². The molecule has 108 valence electrons. The van der Waals surface area contributed by atoms with Crippen LogP contribution in [0.1, 0.15) is 17.4 Å². The first-order chi connectivity index (χ1) is 10.1. The van der Waals surface area contributed by atoms with Crippen LogP contribution < -0.4 is 5.32 Å². The Morgan fingerprint density at radius 1 is 1.29 bits per heavy atom. The SMILES string of the molecule is CCc1cc2c(Nc3ccc(O)cc3C)nc(Cl)nc2s1. The van der Waals surface area contributed by atoms with Crippen molar-refractivity contribution in [3.8, 4) is 5.75 Å². The second kappa shape index (κ2) is 5.50. The highest BCUT2D eigenvalue weighted by atomic mass is 35.5. The molecule has 3 aromatic rings. The molecule has 6 heteroatoms. The van der Waals surface area contributed by atoms with Crippen molar-refractivity contribution in [2.45, 2.75) is 20.3 Å². The molecule has 0 amide bonds. The highest BCUT2D eigenvalue weighted by Gasteiger charge is 2.11. The summed E-state index contributed by atoms with van der Waals surface area (Å²) in [6.07, 6.45) is 0.955. The van der Waals surface area contributed by atoms with Gasteiger partial charge < -0.3 is 10.4 Å². The van der Waals surface area contributed by atoms with E-state index in [0.29, 0.717) is 5.82 Å². The van der Waals surface area contributed by atoms with E-state index < -0.39 is 0 Å². The summed E-state index contributed by atoms with van der Waals surface area (Å²) in [7, 11) is 0. The van der Waals surface area contributed by atoms with E-state index >= 15 is 0 Å². The van der Waals surface area contributed by atoms with Gasteiger partial charge in [0.25, 0.3) is 0 Å². The largest absolute Gasteiger partial charge is 0.508 e. The first kappa shape index (κ1) is 14.1. The van der Waals surface area contributed by atoms with Crippen LogP contribution in [0, 0.1) is 6.92 Å². The molecule has 0 atom stereocenters. The molecular formula is C15H14ClN3OS. The molecule has 2 heterocycles. The molecule has 0 aliphatic carbocycles. The van der Waals surface area contributed by atoms with E-state index in [1.165, 1.54) is 4.88 Å². The molecule has 0 saturated carbocycles. The third kappa shape index (κ3) is 2.80. The van der Waals surface area contributed by atoms with Gasteiger partial charge in [-0.15, -0.1) is 11.3 Å². The van der Waals surface area contributed by atoms with Crippen LogP contribution in [0.25, 0.3) is 10.2 Å². The van der Waals surface area contributed by atoms with Crippen molar-refractivity contribution in [1.29, 1.82) is 0 Å². The average molecular weight is 320 g/mol. The Morgan fingerprint density at radius 2 is 2.10 bits per heavy atom. The van der Waals surface area contributed by atoms with Crippen molar-refractivity contribution in [2.24, 2.45) is 0 Å². The number of halogens is 1. The maximum absolute atomic E-state index is 9.48. The van der Waals surface area contributed by atoms with Gasteiger partial charge in [-0.25, -0.2) is 4.98 Å². The highest BCUT2D eigenvalue weighted by molar-refractivity contribution is 7.18. The number of aromatic nitrogens is 2. The predicted molar refractivity (Wildman–Crippen MR) is 87.9 cm³/mol. The molecule has 0 unspecified atom stereocenters. The fraction of sp³-hybridized carbons (Fsp3) is 0.200. The molecule has 1 aromatic carbocycles. The number of nitrogens with zero attached hydrogens (tertiary/aromatic N) is 2. The molecular weight excluding hydrogens is 306 g/mol. The maximum atomic E-state index is 9.48. The van der Waals surface area contributed by atoms with Gasteiger partial charge in [-0.05, 0) is 54.8 Å². The summed E-state index contributed by atoms with van der Waals surface area (Å²) in [6.45, 7) is 4.03. The van der Waals surface area contributed by atoms with Crippen molar-refractivity contribution < 1.29 is 5.11 Å². The Balaban J connectivity index is 2.08. The Bertz CT molecular complexity index is 816. The molecule has 0 spiro atoms. The minimum absolute atomic E-state index is 0.228. The lowest BCUT2D eigenvalue weighted by Crippen LogP contribution is -1.97. The monoisotopic (exact) mass is 319 g/mol. The number of aromatic hydroxyl groups is 1. The number of phenols is 1. The molecule has 4 nitrogen and oxygen atoms in total. The Morgan fingerprint density at radius 3 is 2.81 bits per heavy atom. The quantitative estimate of drug-likeness (QED) is 0.544. The average Bonchev–Trinajstić information content (AvgIpc) is 2.85. The summed E-state index contributed by atoms with van der Waals surface area (Å²) < 4.78 is 0. The maximum Gasteiger partial charge on any atom is 0.225 e. The van der Waals surface area contributed by atoms with Crippen LogP contribution in [0.2, 0.25) is 5.28 Å². The Labute approximate surface area is 131 Å². The fourth-order valence-electron chi connectivity index (χ4n) is 2.13. The lowest BCUT2D eigenvalue weighted by molar-refractivity contribution is 0.475. The summed E-state index contributed by atoms with van der Waals surface area (Å²) in [5.41, 5.74) is 1.82. The van der Waals surface area contributed by atoms with Gasteiger partial charge in [-0.1, -0.05) is 6.92 Å². The van der Waals surface area contributed by atoms with Gasteiger partial charge in [-0.2, -0.15) is 4.98 Å². The number of aryl methyl sites for hydroxylation is 2. The molecule has 21 heavy (non-hydrogen) atoms. The first-order valence-electron chi connectivity index (χ1n) is 6.59. The Hall–Kier alpha value is -1.85. The number of rotatable bonds is 3. The summed E-state index contributed by atoms with van der Waals surface area (Å²) in [5, 5.41) is 14.0. The van der Waals surface area contributed by atoms with Crippen LogP contribution in [0.3, 0.4) is 0 Å². The first-order valence-corrected chi connectivity index (χ1v) is 7.79. The van der Waals surface area contributed by atoms with Gasteiger partial charge >= 0.3 is 0 Å². The van der Waals surface area contributed by atoms with E-state index in [9.17, 15) is 5.11 Å². The molecule has 0 radical (unpaired) electrons. The molecule has 0 saturated heterocycles. The van der Waals surface area contributed by atoms with Gasteiger partial charge in [0.05, 0.1) is 5.39 Å². The van der Waals surface area contributed by atoms with Crippen LogP contribution in [0.5, 0.6) is 5.75 Å². The van der Waals surface area contributed by atoms with Crippen LogP contribution >= 0.6 is 22.9 Å². The van der Waals surface area contributed by atoms with Gasteiger partial charge in [0.2, 0.25) is 5.28 Å². The molecule has 2 aromatic heterocycles. The number of anilines is 2. The van der Waals surface area contributed by atoms with Crippen LogP contribution in [-0.2, 0) is 6.42 Å². The molecule has 0 aliphatic heterocycles. The smallest absolute Gasteiger partial charge is 0.225 e. The second-order valence-electron chi connectivity index (χ2n) is 4.75. The normalized spacial score (nSPS) is 11.0. The van der Waals surface area contributed by atoms with Crippen molar-refractivity contribution in [3.63, 3.8) is 0 Å². The van der Waals surface area contributed by atoms with Crippen molar-refractivity contribution in [1.82, 2.24) is 9.97 Å². The van der Waals surface area contributed by atoms with Crippen LogP contribution in [-0.4, -0.2) is 15.1 Å². The van der Waals surface area contributed by atoms with E-state index in [0.717, 1.165) is 27.9 Å². The zero-order chi connectivity index (χ0) is 15.0.